The molecule has 0 saturated heterocycles. The Labute approximate surface area is 132 Å². The van der Waals surface area contributed by atoms with E-state index in [1.807, 2.05) is 18.2 Å². The van der Waals surface area contributed by atoms with Gasteiger partial charge in [0.05, 0.1) is 0 Å². The first kappa shape index (κ1) is 15.4. The molecular formula is C14H11Br2F2NO. The highest BCUT2D eigenvalue weighted by Gasteiger charge is 2.12. The summed E-state index contributed by atoms with van der Waals surface area (Å²) in [4.78, 5) is 0. The summed E-state index contributed by atoms with van der Waals surface area (Å²) in [5.74, 6) is -2.08. The predicted octanol–water partition coefficient (Wildman–Crippen LogP) is 4.53. The van der Waals surface area contributed by atoms with Crippen LogP contribution in [0.15, 0.2) is 39.3 Å². The van der Waals surface area contributed by atoms with Gasteiger partial charge in [-0.05, 0) is 23.8 Å². The molecule has 0 fully saturated rings. The van der Waals surface area contributed by atoms with Crippen LogP contribution in [-0.4, -0.2) is 0 Å². The SMILES string of the molecule is NCc1ccc(COc2cc(Br)cc(F)c2F)c(Br)c1. The van der Waals surface area contributed by atoms with Gasteiger partial charge in [0.2, 0.25) is 5.82 Å². The van der Waals surface area contributed by atoms with Crippen LogP contribution in [0.1, 0.15) is 11.1 Å². The zero-order valence-corrected chi connectivity index (χ0v) is 13.5. The van der Waals surface area contributed by atoms with Crippen molar-refractivity contribution in [1.82, 2.24) is 0 Å². The Hall–Kier alpha value is -0.980. The molecule has 2 aromatic carbocycles. The van der Waals surface area contributed by atoms with Gasteiger partial charge in [0.15, 0.2) is 11.6 Å². The Kier molecular flexibility index (Phi) is 5.12. The Bertz CT molecular complexity index is 635. The largest absolute Gasteiger partial charge is 0.486 e. The Morgan fingerprint density at radius 1 is 1.10 bits per heavy atom. The van der Waals surface area contributed by atoms with Crippen LogP contribution >= 0.6 is 31.9 Å². The summed E-state index contributed by atoms with van der Waals surface area (Å²) in [6, 6.07) is 8.01. The Morgan fingerprint density at radius 3 is 2.50 bits per heavy atom. The molecule has 2 aromatic rings. The molecule has 0 radical (unpaired) electrons. The molecule has 20 heavy (non-hydrogen) atoms. The van der Waals surface area contributed by atoms with Gasteiger partial charge < -0.3 is 10.5 Å². The van der Waals surface area contributed by atoms with Gasteiger partial charge in [0, 0.05) is 21.1 Å². The third-order valence-corrected chi connectivity index (χ3v) is 3.89. The summed E-state index contributed by atoms with van der Waals surface area (Å²) < 4.78 is 33.4. The second-order valence-corrected chi connectivity index (χ2v) is 5.89. The summed E-state index contributed by atoms with van der Waals surface area (Å²) in [6.07, 6.45) is 0. The van der Waals surface area contributed by atoms with Gasteiger partial charge >= 0.3 is 0 Å². The maximum Gasteiger partial charge on any atom is 0.200 e. The van der Waals surface area contributed by atoms with E-state index in [1.54, 1.807) is 0 Å². The molecule has 0 aliphatic carbocycles. The normalized spacial score (nSPS) is 10.7. The molecule has 0 spiro atoms. The van der Waals surface area contributed by atoms with Crippen LogP contribution in [0.3, 0.4) is 0 Å². The first-order valence-electron chi connectivity index (χ1n) is 5.76. The average Bonchev–Trinajstić information content (AvgIpc) is 2.42. The fourth-order valence-corrected chi connectivity index (χ4v) is 2.58. The summed E-state index contributed by atoms with van der Waals surface area (Å²) in [7, 11) is 0. The van der Waals surface area contributed by atoms with Crippen molar-refractivity contribution >= 4 is 31.9 Å². The van der Waals surface area contributed by atoms with E-state index in [0.29, 0.717) is 11.0 Å². The van der Waals surface area contributed by atoms with E-state index < -0.39 is 11.6 Å². The minimum absolute atomic E-state index is 0.123. The molecule has 106 valence electrons. The third kappa shape index (κ3) is 3.56. The second kappa shape index (κ2) is 6.65. The summed E-state index contributed by atoms with van der Waals surface area (Å²) in [5, 5.41) is 0. The van der Waals surface area contributed by atoms with Gasteiger partial charge in [-0.15, -0.1) is 0 Å². The molecule has 0 aromatic heterocycles. The van der Waals surface area contributed by atoms with Crippen molar-refractivity contribution in [3.8, 4) is 5.75 Å². The quantitative estimate of drug-likeness (QED) is 0.757. The highest BCUT2D eigenvalue weighted by atomic mass is 79.9. The van der Waals surface area contributed by atoms with E-state index in [0.717, 1.165) is 21.7 Å². The number of halogens is 4. The minimum Gasteiger partial charge on any atom is -0.486 e. The minimum atomic E-state index is -0.997. The maximum atomic E-state index is 13.6. The monoisotopic (exact) mass is 405 g/mol. The average molecular weight is 407 g/mol. The predicted molar refractivity (Wildman–Crippen MR) is 80.4 cm³/mol. The summed E-state index contributed by atoms with van der Waals surface area (Å²) in [6.45, 7) is 0.559. The number of benzene rings is 2. The lowest BCUT2D eigenvalue weighted by molar-refractivity contribution is 0.283. The zero-order chi connectivity index (χ0) is 14.7. The van der Waals surface area contributed by atoms with Gasteiger partial charge in [0.25, 0.3) is 0 Å². The van der Waals surface area contributed by atoms with Crippen molar-refractivity contribution in [2.24, 2.45) is 5.73 Å². The number of nitrogens with two attached hydrogens (primary N) is 1. The molecule has 0 heterocycles. The first-order valence-corrected chi connectivity index (χ1v) is 7.34. The van der Waals surface area contributed by atoms with Crippen molar-refractivity contribution in [3.05, 3.63) is 62.0 Å². The highest BCUT2D eigenvalue weighted by molar-refractivity contribution is 9.10. The smallest absolute Gasteiger partial charge is 0.200 e. The Balaban J connectivity index is 2.17. The van der Waals surface area contributed by atoms with Crippen molar-refractivity contribution in [1.29, 1.82) is 0 Å². The van der Waals surface area contributed by atoms with Gasteiger partial charge in [-0.3, -0.25) is 0 Å². The van der Waals surface area contributed by atoms with Crippen LogP contribution in [-0.2, 0) is 13.2 Å². The van der Waals surface area contributed by atoms with Gasteiger partial charge in [-0.25, -0.2) is 4.39 Å². The number of rotatable bonds is 4. The molecule has 0 unspecified atom stereocenters. The molecule has 2 rings (SSSR count). The van der Waals surface area contributed by atoms with Crippen molar-refractivity contribution in [2.45, 2.75) is 13.2 Å². The highest BCUT2D eigenvalue weighted by Crippen LogP contribution is 2.27. The lowest BCUT2D eigenvalue weighted by atomic mass is 10.1. The molecule has 0 aliphatic rings. The van der Waals surface area contributed by atoms with E-state index >= 15 is 0 Å². The van der Waals surface area contributed by atoms with Crippen LogP contribution in [0.5, 0.6) is 5.75 Å². The molecule has 0 amide bonds. The van der Waals surface area contributed by atoms with E-state index in [2.05, 4.69) is 31.9 Å². The Morgan fingerprint density at radius 2 is 1.85 bits per heavy atom. The number of hydrogen-bond donors (Lipinski definition) is 1. The van der Waals surface area contributed by atoms with Crippen LogP contribution in [0.25, 0.3) is 0 Å². The third-order valence-electron chi connectivity index (χ3n) is 2.70. The molecule has 2 nitrogen and oxygen atoms in total. The van der Waals surface area contributed by atoms with Gasteiger partial charge in [-0.1, -0.05) is 44.0 Å². The van der Waals surface area contributed by atoms with E-state index in [1.165, 1.54) is 6.07 Å². The van der Waals surface area contributed by atoms with Crippen LogP contribution in [0, 0.1) is 11.6 Å². The maximum absolute atomic E-state index is 13.6. The zero-order valence-electron chi connectivity index (χ0n) is 10.3. The van der Waals surface area contributed by atoms with Gasteiger partial charge in [-0.2, -0.15) is 4.39 Å². The molecule has 0 atom stereocenters. The molecular weight excluding hydrogens is 396 g/mol. The summed E-state index contributed by atoms with van der Waals surface area (Å²) >= 11 is 6.49. The molecule has 0 saturated carbocycles. The van der Waals surface area contributed by atoms with Crippen molar-refractivity contribution in [2.75, 3.05) is 0 Å². The van der Waals surface area contributed by atoms with Crippen molar-refractivity contribution in [3.63, 3.8) is 0 Å². The molecule has 0 aliphatic heterocycles. The van der Waals surface area contributed by atoms with E-state index in [4.69, 9.17) is 10.5 Å². The van der Waals surface area contributed by atoms with Crippen molar-refractivity contribution < 1.29 is 13.5 Å². The van der Waals surface area contributed by atoms with Crippen LogP contribution < -0.4 is 10.5 Å². The topological polar surface area (TPSA) is 35.2 Å². The molecule has 6 heteroatoms. The van der Waals surface area contributed by atoms with E-state index in [-0.39, 0.29) is 12.4 Å². The molecule has 2 N–H and O–H groups in total. The van der Waals surface area contributed by atoms with E-state index in [9.17, 15) is 8.78 Å². The lowest BCUT2D eigenvalue weighted by Gasteiger charge is -2.10. The van der Waals surface area contributed by atoms with Crippen LogP contribution in [0.2, 0.25) is 0 Å². The van der Waals surface area contributed by atoms with Crippen LogP contribution in [0.4, 0.5) is 8.78 Å². The summed E-state index contributed by atoms with van der Waals surface area (Å²) in [5.41, 5.74) is 7.33. The number of ether oxygens (including phenoxy) is 1. The lowest BCUT2D eigenvalue weighted by Crippen LogP contribution is -2.02. The van der Waals surface area contributed by atoms with Gasteiger partial charge in [0.1, 0.15) is 6.61 Å². The standard InChI is InChI=1S/C14H11Br2F2NO/c15-10-4-12(17)14(18)13(5-10)20-7-9-2-1-8(6-19)3-11(9)16/h1-5H,6-7,19H2. The fourth-order valence-electron chi connectivity index (χ4n) is 1.63. The second-order valence-electron chi connectivity index (χ2n) is 4.12. The number of hydrogen-bond acceptors (Lipinski definition) is 2. The molecule has 0 bridgehead atoms. The fraction of sp³-hybridized carbons (Fsp3) is 0.143. The first-order chi connectivity index (χ1) is 9.51.